The molecule has 0 aromatic heterocycles. The molecule has 1 atom stereocenters. The first-order valence-corrected chi connectivity index (χ1v) is 10.0. The zero-order valence-electron chi connectivity index (χ0n) is 15.0. The lowest BCUT2D eigenvalue weighted by molar-refractivity contribution is -0.116. The van der Waals surface area contributed by atoms with E-state index in [0.29, 0.717) is 13.0 Å². The molecule has 3 N–H and O–H groups in total. The Bertz CT molecular complexity index is 568. The van der Waals surface area contributed by atoms with Crippen molar-refractivity contribution in [1.29, 1.82) is 0 Å². The fourth-order valence-electron chi connectivity index (χ4n) is 2.79. The van der Waals surface area contributed by atoms with Gasteiger partial charge in [0.15, 0.2) is 5.96 Å². The zero-order valence-corrected chi connectivity index (χ0v) is 18.2. The summed E-state index contributed by atoms with van der Waals surface area (Å²) in [4.78, 5) is 16.6. The lowest BCUT2D eigenvalue weighted by Crippen LogP contribution is -2.38. The Kier molecular flexibility index (Phi) is 11.0. The van der Waals surface area contributed by atoms with E-state index in [1.165, 1.54) is 17.7 Å². The van der Waals surface area contributed by atoms with E-state index in [1.807, 2.05) is 30.0 Å². The fourth-order valence-corrected chi connectivity index (χ4v) is 3.28. The highest BCUT2D eigenvalue weighted by Crippen LogP contribution is 2.31. The maximum absolute atomic E-state index is 11.9. The van der Waals surface area contributed by atoms with E-state index >= 15 is 0 Å². The highest BCUT2D eigenvalue weighted by molar-refractivity contribution is 14.0. The molecule has 0 radical (unpaired) electrons. The third-order valence-electron chi connectivity index (χ3n) is 3.99. The van der Waals surface area contributed by atoms with Gasteiger partial charge in [0, 0.05) is 31.1 Å². The molecule has 1 unspecified atom stereocenters. The summed E-state index contributed by atoms with van der Waals surface area (Å²) < 4.78 is 0. The van der Waals surface area contributed by atoms with Crippen molar-refractivity contribution >= 4 is 53.3 Å². The topological polar surface area (TPSA) is 65.5 Å². The highest BCUT2D eigenvalue weighted by Gasteiger charge is 2.24. The van der Waals surface area contributed by atoms with E-state index in [1.54, 1.807) is 0 Å². The number of aliphatic imine (C=N–C) groups is 1. The number of halogens is 1. The standard InChI is InChI=1S/C18H28N4OS.HI/c1-3-19-18(20-10-6-7-11-24-2)21-13-14-12-17(23)22-16-9-5-4-8-15(14)16;/h4-5,8-9,14H,3,6-7,10-13H2,1-2H3,(H,22,23)(H2,19,20,21);1H. The molecule has 25 heavy (non-hydrogen) atoms. The van der Waals surface area contributed by atoms with Crippen molar-refractivity contribution in [3.63, 3.8) is 0 Å². The van der Waals surface area contributed by atoms with Crippen LogP contribution in [0.3, 0.4) is 0 Å². The number of nitrogens with one attached hydrogen (secondary N) is 3. The SMILES string of the molecule is CCNC(=NCC1CC(=O)Nc2ccccc21)NCCCCSC.I. The van der Waals surface area contributed by atoms with E-state index < -0.39 is 0 Å². The lowest BCUT2D eigenvalue weighted by Gasteiger charge is -2.24. The van der Waals surface area contributed by atoms with Gasteiger partial charge in [-0.15, -0.1) is 24.0 Å². The Morgan fingerprint density at radius 2 is 2.12 bits per heavy atom. The number of benzene rings is 1. The second-order valence-corrected chi connectivity index (χ2v) is 6.87. The molecule has 0 saturated carbocycles. The maximum Gasteiger partial charge on any atom is 0.225 e. The largest absolute Gasteiger partial charge is 0.357 e. The van der Waals surface area contributed by atoms with Gasteiger partial charge in [0.25, 0.3) is 0 Å². The molecule has 0 bridgehead atoms. The Balaban J connectivity index is 0.00000312. The summed E-state index contributed by atoms with van der Waals surface area (Å²) in [6.45, 7) is 4.44. The van der Waals surface area contributed by atoms with Crippen LogP contribution in [0.25, 0.3) is 0 Å². The smallest absolute Gasteiger partial charge is 0.225 e. The first-order valence-electron chi connectivity index (χ1n) is 8.64. The third kappa shape index (κ3) is 7.43. The number of fused-ring (bicyclic) bond motifs is 1. The molecule has 140 valence electrons. The van der Waals surface area contributed by atoms with Crippen molar-refractivity contribution in [3.8, 4) is 0 Å². The van der Waals surface area contributed by atoms with Crippen LogP contribution in [0.15, 0.2) is 29.3 Å². The number of carbonyl (C=O) groups excluding carboxylic acids is 1. The molecule has 0 saturated heterocycles. The molecule has 5 nitrogen and oxygen atoms in total. The average molecular weight is 476 g/mol. The first kappa shape index (κ1) is 22.1. The number of unbranched alkanes of at least 4 members (excludes halogenated alkanes) is 1. The molecular weight excluding hydrogens is 447 g/mol. The van der Waals surface area contributed by atoms with Gasteiger partial charge in [-0.25, -0.2) is 0 Å². The Morgan fingerprint density at radius 3 is 2.88 bits per heavy atom. The number of para-hydroxylation sites is 1. The fraction of sp³-hybridized carbons (Fsp3) is 0.556. The summed E-state index contributed by atoms with van der Waals surface area (Å²) in [5.41, 5.74) is 2.10. The molecule has 0 aliphatic carbocycles. The molecule has 1 aromatic carbocycles. The van der Waals surface area contributed by atoms with Gasteiger partial charge in [0.05, 0.1) is 6.54 Å². The summed E-state index contributed by atoms with van der Waals surface area (Å²) in [5, 5.41) is 9.60. The first-order chi connectivity index (χ1) is 11.7. The number of carbonyl (C=O) groups is 1. The van der Waals surface area contributed by atoms with Gasteiger partial charge >= 0.3 is 0 Å². The van der Waals surface area contributed by atoms with Gasteiger partial charge in [0.1, 0.15) is 0 Å². The molecule has 1 amide bonds. The van der Waals surface area contributed by atoms with Crippen molar-refractivity contribution in [2.75, 3.05) is 37.0 Å². The zero-order chi connectivity index (χ0) is 17.2. The quantitative estimate of drug-likeness (QED) is 0.233. The Hall–Kier alpha value is -0.960. The minimum atomic E-state index is 0. The number of guanidine groups is 1. The van der Waals surface area contributed by atoms with E-state index in [2.05, 4.69) is 35.2 Å². The highest BCUT2D eigenvalue weighted by atomic mass is 127. The van der Waals surface area contributed by atoms with Crippen molar-refractivity contribution in [2.24, 2.45) is 4.99 Å². The molecule has 0 spiro atoms. The summed E-state index contributed by atoms with van der Waals surface area (Å²) in [6.07, 6.45) is 4.98. The number of thioether (sulfide) groups is 1. The van der Waals surface area contributed by atoms with Crippen LogP contribution in [0.2, 0.25) is 0 Å². The second kappa shape index (κ2) is 12.4. The van der Waals surface area contributed by atoms with Crippen LogP contribution < -0.4 is 16.0 Å². The Morgan fingerprint density at radius 1 is 1.32 bits per heavy atom. The summed E-state index contributed by atoms with van der Waals surface area (Å²) in [6, 6.07) is 8.00. The molecule has 1 aliphatic heterocycles. The van der Waals surface area contributed by atoms with E-state index in [0.717, 1.165) is 31.2 Å². The van der Waals surface area contributed by atoms with Crippen LogP contribution in [0.4, 0.5) is 5.69 Å². The van der Waals surface area contributed by atoms with E-state index in [4.69, 9.17) is 4.99 Å². The van der Waals surface area contributed by atoms with Crippen molar-refractivity contribution < 1.29 is 4.79 Å². The minimum absolute atomic E-state index is 0. The number of nitrogens with zero attached hydrogens (tertiary/aromatic N) is 1. The van der Waals surface area contributed by atoms with Crippen LogP contribution in [0.5, 0.6) is 0 Å². The van der Waals surface area contributed by atoms with Crippen LogP contribution in [0.1, 0.15) is 37.7 Å². The summed E-state index contributed by atoms with van der Waals surface area (Å²) in [7, 11) is 0. The molecule has 2 rings (SSSR count). The molecular formula is C18H29IN4OS. The van der Waals surface area contributed by atoms with Crippen LogP contribution in [-0.4, -0.2) is 43.5 Å². The number of hydrogen-bond acceptors (Lipinski definition) is 3. The lowest BCUT2D eigenvalue weighted by atomic mass is 9.91. The normalized spacial score (nSPS) is 16.5. The summed E-state index contributed by atoms with van der Waals surface area (Å²) >= 11 is 1.88. The van der Waals surface area contributed by atoms with Crippen LogP contribution in [0, 0.1) is 0 Å². The van der Waals surface area contributed by atoms with Gasteiger partial charge in [0.2, 0.25) is 5.91 Å². The van der Waals surface area contributed by atoms with Gasteiger partial charge in [-0.2, -0.15) is 11.8 Å². The van der Waals surface area contributed by atoms with Crippen LogP contribution in [-0.2, 0) is 4.79 Å². The number of anilines is 1. The van der Waals surface area contributed by atoms with Gasteiger partial charge < -0.3 is 16.0 Å². The van der Waals surface area contributed by atoms with Gasteiger partial charge in [-0.3, -0.25) is 9.79 Å². The molecule has 1 heterocycles. The summed E-state index contributed by atoms with van der Waals surface area (Å²) in [5.74, 6) is 2.25. The minimum Gasteiger partial charge on any atom is -0.357 e. The third-order valence-corrected chi connectivity index (χ3v) is 4.69. The van der Waals surface area contributed by atoms with E-state index in [-0.39, 0.29) is 35.8 Å². The number of rotatable bonds is 8. The number of hydrogen-bond donors (Lipinski definition) is 3. The molecule has 1 aliphatic rings. The molecule has 7 heteroatoms. The second-order valence-electron chi connectivity index (χ2n) is 5.88. The maximum atomic E-state index is 11.9. The predicted octanol–water partition coefficient (Wildman–Crippen LogP) is 3.43. The number of amides is 1. The molecule has 0 fully saturated rings. The molecule has 1 aromatic rings. The van der Waals surface area contributed by atoms with Crippen molar-refractivity contribution in [2.45, 2.75) is 32.1 Å². The van der Waals surface area contributed by atoms with Gasteiger partial charge in [-0.1, -0.05) is 18.2 Å². The van der Waals surface area contributed by atoms with Crippen LogP contribution >= 0.6 is 35.7 Å². The van der Waals surface area contributed by atoms with Crippen molar-refractivity contribution in [3.05, 3.63) is 29.8 Å². The van der Waals surface area contributed by atoms with Crippen molar-refractivity contribution in [1.82, 2.24) is 10.6 Å². The predicted molar refractivity (Wildman–Crippen MR) is 119 cm³/mol. The van der Waals surface area contributed by atoms with Gasteiger partial charge in [-0.05, 0) is 43.4 Å². The van der Waals surface area contributed by atoms with E-state index in [9.17, 15) is 4.79 Å². The monoisotopic (exact) mass is 476 g/mol. The Labute approximate surface area is 172 Å². The average Bonchev–Trinajstić information content (AvgIpc) is 2.59.